The Kier molecular flexibility index (Phi) is 4.59. The number of thiophene rings is 1. The van der Waals surface area contributed by atoms with Gasteiger partial charge in [0.25, 0.3) is 10.0 Å². The van der Waals surface area contributed by atoms with E-state index in [4.69, 9.17) is 0 Å². The third-order valence-electron chi connectivity index (χ3n) is 2.96. The third-order valence-corrected chi connectivity index (χ3v) is 5.71. The van der Waals surface area contributed by atoms with Gasteiger partial charge in [-0.3, -0.25) is 4.72 Å². The Balaban J connectivity index is 1.76. The average Bonchev–Trinajstić information content (AvgIpc) is 3.12. The van der Waals surface area contributed by atoms with Gasteiger partial charge < -0.3 is 5.32 Å². The fraction of sp³-hybridized carbons (Fsp3) is 0. The van der Waals surface area contributed by atoms with Crippen molar-refractivity contribution in [1.82, 2.24) is 10.2 Å². The van der Waals surface area contributed by atoms with E-state index in [0.29, 0.717) is 0 Å². The van der Waals surface area contributed by atoms with Crippen molar-refractivity contribution in [2.24, 2.45) is 0 Å². The Bertz CT molecular complexity index is 994. The maximum Gasteiger partial charge on any atom is 0.272 e. The van der Waals surface area contributed by atoms with E-state index < -0.39 is 27.5 Å². The summed E-state index contributed by atoms with van der Waals surface area (Å²) in [5.41, 5.74) is -0.333. The molecule has 0 saturated carbocycles. The number of halogens is 3. The molecule has 2 aromatic heterocycles. The predicted octanol–water partition coefficient (Wildman–Crippen LogP) is 3.50. The summed E-state index contributed by atoms with van der Waals surface area (Å²) in [7, 11) is -3.76. The van der Waals surface area contributed by atoms with Crippen LogP contribution >= 0.6 is 11.3 Å². The highest BCUT2D eigenvalue weighted by atomic mass is 32.2. The van der Waals surface area contributed by atoms with Crippen LogP contribution in [0.2, 0.25) is 0 Å². The van der Waals surface area contributed by atoms with E-state index in [1.807, 2.05) is 0 Å². The molecule has 0 radical (unpaired) electrons. The van der Waals surface area contributed by atoms with E-state index in [1.165, 1.54) is 18.2 Å². The zero-order chi connectivity index (χ0) is 18.0. The Morgan fingerprint density at radius 3 is 2.28 bits per heavy atom. The summed E-state index contributed by atoms with van der Waals surface area (Å²) in [6.45, 7) is 0. The molecule has 0 bridgehead atoms. The van der Waals surface area contributed by atoms with Gasteiger partial charge in [0, 0.05) is 0 Å². The lowest BCUT2D eigenvalue weighted by Gasteiger charge is -2.08. The van der Waals surface area contributed by atoms with Crippen molar-refractivity contribution in [2.75, 3.05) is 10.0 Å². The van der Waals surface area contributed by atoms with Crippen LogP contribution in [0.1, 0.15) is 0 Å². The van der Waals surface area contributed by atoms with Gasteiger partial charge in [-0.05, 0) is 35.7 Å². The molecule has 0 aliphatic carbocycles. The number of rotatable bonds is 5. The van der Waals surface area contributed by atoms with Gasteiger partial charge in [0.2, 0.25) is 0 Å². The van der Waals surface area contributed by atoms with E-state index in [9.17, 15) is 21.6 Å². The van der Waals surface area contributed by atoms with Crippen molar-refractivity contribution >= 4 is 38.7 Å². The molecule has 0 aliphatic heterocycles. The minimum absolute atomic E-state index is 0.0176. The molecule has 11 heteroatoms. The van der Waals surface area contributed by atoms with Crippen molar-refractivity contribution in [3.8, 4) is 0 Å². The molecular formula is C14H9F3N4O2S2. The van der Waals surface area contributed by atoms with Crippen LogP contribution in [-0.2, 0) is 10.0 Å². The smallest absolute Gasteiger partial charge is 0.272 e. The van der Waals surface area contributed by atoms with Gasteiger partial charge in [-0.2, -0.15) is 0 Å². The molecule has 0 unspecified atom stereocenters. The maximum atomic E-state index is 13.6. The molecule has 1 aromatic carbocycles. The molecular weight excluding hydrogens is 377 g/mol. The fourth-order valence-corrected chi connectivity index (χ4v) is 3.81. The number of hydrogen-bond donors (Lipinski definition) is 2. The highest BCUT2D eigenvalue weighted by Crippen LogP contribution is 2.23. The molecule has 0 amide bonds. The van der Waals surface area contributed by atoms with Crippen molar-refractivity contribution in [3.05, 3.63) is 59.2 Å². The number of nitrogens with zero attached hydrogens (tertiary/aromatic N) is 2. The van der Waals surface area contributed by atoms with Crippen LogP contribution in [0.25, 0.3) is 0 Å². The average molecular weight is 386 g/mol. The second-order valence-electron chi connectivity index (χ2n) is 4.69. The standard InChI is InChI=1S/C14H9F3N4O2S2/c15-8-3-4-9(14(17)13(8)16)18-10-5-6-11(20-19-10)21-25(22,23)12-2-1-7-24-12/h1-7H,(H,18,19)(H,20,21). The van der Waals surface area contributed by atoms with E-state index >= 15 is 0 Å². The lowest BCUT2D eigenvalue weighted by atomic mass is 10.3. The Morgan fingerprint density at radius 2 is 1.64 bits per heavy atom. The van der Waals surface area contributed by atoms with Gasteiger partial charge in [0.05, 0.1) is 5.69 Å². The van der Waals surface area contributed by atoms with Gasteiger partial charge in [-0.15, -0.1) is 21.5 Å². The van der Waals surface area contributed by atoms with Crippen molar-refractivity contribution in [3.63, 3.8) is 0 Å². The van der Waals surface area contributed by atoms with Crippen LogP contribution < -0.4 is 10.0 Å². The molecule has 130 valence electrons. The summed E-state index contributed by atoms with van der Waals surface area (Å²) in [5.74, 6) is -4.36. The first-order chi connectivity index (χ1) is 11.9. The van der Waals surface area contributed by atoms with E-state index in [0.717, 1.165) is 23.5 Å². The Morgan fingerprint density at radius 1 is 0.920 bits per heavy atom. The second kappa shape index (κ2) is 6.69. The normalized spacial score (nSPS) is 11.3. The summed E-state index contributed by atoms with van der Waals surface area (Å²) in [6, 6.07) is 7.38. The second-order valence-corrected chi connectivity index (χ2v) is 7.55. The van der Waals surface area contributed by atoms with Gasteiger partial charge in [0.15, 0.2) is 29.1 Å². The molecule has 0 fully saturated rings. The molecule has 2 N–H and O–H groups in total. The van der Waals surface area contributed by atoms with Crippen LogP contribution in [0.3, 0.4) is 0 Å². The lowest BCUT2D eigenvalue weighted by Crippen LogP contribution is -2.13. The SMILES string of the molecule is O=S(=O)(Nc1ccc(Nc2ccc(F)c(F)c2F)nn1)c1cccs1. The monoisotopic (exact) mass is 386 g/mol. The molecule has 0 saturated heterocycles. The first-order valence-electron chi connectivity index (χ1n) is 6.67. The highest BCUT2D eigenvalue weighted by molar-refractivity contribution is 7.94. The number of nitrogens with one attached hydrogen (secondary N) is 2. The van der Waals surface area contributed by atoms with Crippen molar-refractivity contribution in [1.29, 1.82) is 0 Å². The summed E-state index contributed by atoms with van der Waals surface area (Å²) >= 11 is 1.04. The Labute approximate surface area is 144 Å². The summed E-state index contributed by atoms with van der Waals surface area (Å²) in [5, 5.41) is 11.4. The quantitative estimate of drug-likeness (QED) is 0.656. The number of benzene rings is 1. The Hall–Kier alpha value is -2.66. The van der Waals surface area contributed by atoms with Gasteiger partial charge >= 0.3 is 0 Å². The number of aromatic nitrogens is 2. The van der Waals surface area contributed by atoms with Gasteiger partial charge in [-0.25, -0.2) is 21.6 Å². The molecule has 25 heavy (non-hydrogen) atoms. The van der Waals surface area contributed by atoms with Crippen LogP contribution in [0.5, 0.6) is 0 Å². The number of anilines is 3. The van der Waals surface area contributed by atoms with E-state index in [1.54, 1.807) is 11.4 Å². The van der Waals surface area contributed by atoms with Crippen molar-refractivity contribution in [2.45, 2.75) is 4.21 Å². The zero-order valence-corrected chi connectivity index (χ0v) is 13.8. The third kappa shape index (κ3) is 3.72. The predicted molar refractivity (Wildman–Crippen MR) is 86.8 cm³/mol. The largest absolute Gasteiger partial charge is 0.336 e. The molecule has 3 aromatic rings. The molecule has 0 atom stereocenters. The van der Waals surface area contributed by atoms with Crippen LogP contribution in [0, 0.1) is 17.5 Å². The molecule has 6 nitrogen and oxygen atoms in total. The zero-order valence-electron chi connectivity index (χ0n) is 12.2. The topological polar surface area (TPSA) is 84.0 Å². The minimum atomic E-state index is -3.76. The van der Waals surface area contributed by atoms with Gasteiger partial charge in [0.1, 0.15) is 4.21 Å². The lowest BCUT2D eigenvalue weighted by molar-refractivity contribution is 0.449. The van der Waals surface area contributed by atoms with Gasteiger partial charge in [-0.1, -0.05) is 6.07 Å². The van der Waals surface area contributed by atoms with Crippen molar-refractivity contribution < 1.29 is 21.6 Å². The maximum absolute atomic E-state index is 13.6. The highest BCUT2D eigenvalue weighted by Gasteiger charge is 2.17. The van der Waals surface area contributed by atoms with Crippen LogP contribution in [0.4, 0.5) is 30.5 Å². The van der Waals surface area contributed by atoms with E-state index in [2.05, 4.69) is 20.2 Å². The molecule has 3 rings (SSSR count). The summed E-state index contributed by atoms with van der Waals surface area (Å²) in [4.78, 5) is 0. The fourth-order valence-electron chi connectivity index (χ4n) is 1.82. The van der Waals surface area contributed by atoms with E-state index in [-0.39, 0.29) is 21.5 Å². The van der Waals surface area contributed by atoms with Crippen LogP contribution in [-0.4, -0.2) is 18.6 Å². The summed E-state index contributed by atoms with van der Waals surface area (Å²) in [6.07, 6.45) is 0. The van der Waals surface area contributed by atoms with Crippen LogP contribution in [0.15, 0.2) is 46.0 Å². The number of hydrogen-bond acceptors (Lipinski definition) is 6. The first kappa shape index (κ1) is 17.2. The summed E-state index contributed by atoms with van der Waals surface area (Å²) < 4.78 is 66.1. The minimum Gasteiger partial charge on any atom is -0.336 e. The first-order valence-corrected chi connectivity index (χ1v) is 9.04. The molecule has 0 spiro atoms. The number of sulfonamides is 1. The molecule has 0 aliphatic rings. The molecule has 2 heterocycles.